The molecule has 1 fully saturated rings. The zero-order valence-electron chi connectivity index (χ0n) is 9.60. The zero-order chi connectivity index (χ0) is 13.3. The van der Waals surface area contributed by atoms with E-state index in [4.69, 9.17) is 16.3 Å². The maximum atomic E-state index is 14.0. The number of ether oxygens (including phenoxy) is 1. The number of isocyanates is 1. The molecule has 18 heavy (non-hydrogen) atoms. The molecule has 96 valence electrons. The first kappa shape index (κ1) is 13.0. The number of methoxy groups -OCH3 is 1. The van der Waals surface area contributed by atoms with Crippen LogP contribution in [0.2, 0.25) is 5.02 Å². The van der Waals surface area contributed by atoms with Crippen molar-refractivity contribution in [3.05, 3.63) is 28.3 Å². The van der Waals surface area contributed by atoms with Crippen LogP contribution in [0, 0.1) is 11.6 Å². The number of nitrogens with zero attached hydrogens (tertiary/aromatic N) is 1. The summed E-state index contributed by atoms with van der Waals surface area (Å²) < 4.78 is 32.4. The first-order valence-electron chi connectivity index (χ1n) is 5.37. The Hall–Kier alpha value is -1.45. The molecule has 0 spiro atoms. The number of halogens is 3. The van der Waals surface area contributed by atoms with Crippen LogP contribution in [0.4, 0.5) is 8.78 Å². The Morgan fingerprint density at radius 3 is 2.61 bits per heavy atom. The predicted molar refractivity (Wildman–Crippen MR) is 61.6 cm³/mol. The van der Waals surface area contributed by atoms with Crippen LogP contribution in [0.15, 0.2) is 11.1 Å². The lowest BCUT2D eigenvalue weighted by Gasteiger charge is -2.38. The molecule has 0 unspecified atom stereocenters. The minimum atomic E-state index is -1.09. The fourth-order valence-electron chi connectivity index (χ4n) is 2.21. The van der Waals surface area contributed by atoms with Crippen LogP contribution in [0.5, 0.6) is 5.75 Å². The van der Waals surface area contributed by atoms with E-state index < -0.39 is 17.2 Å². The highest BCUT2D eigenvalue weighted by atomic mass is 35.5. The third kappa shape index (κ3) is 1.80. The van der Waals surface area contributed by atoms with Gasteiger partial charge in [-0.25, -0.2) is 13.6 Å². The number of aliphatic imine (C=N–C) groups is 1. The van der Waals surface area contributed by atoms with Crippen LogP contribution in [0.25, 0.3) is 0 Å². The van der Waals surface area contributed by atoms with Gasteiger partial charge in [0.15, 0.2) is 11.6 Å². The SMILES string of the molecule is COc1c(Cl)cc(F)c(F)c1C1(N=C=O)CCC1. The van der Waals surface area contributed by atoms with Gasteiger partial charge in [-0.2, -0.15) is 4.99 Å². The van der Waals surface area contributed by atoms with E-state index in [0.717, 1.165) is 12.5 Å². The molecule has 0 aromatic heterocycles. The predicted octanol–water partition coefficient (Wildman–Crippen LogP) is 3.34. The second-order valence-electron chi connectivity index (χ2n) is 4.15. The molecule has 0 saturated heterocycles. The molecule has 0 amide bonds. The molecule has 0 heterocycles. The summed E-state index contributed by atoms with van der Waals surface area (Å²) in [7, 11) is 1.30. The number of rotatable bonds is 3. The highest BCUT2D eigenvalue weighted by Gasteiger charge is 2.44. The van der Waals surface area contributed by atoms with E-state index in [1.165, 1.54) is 13.2 Å². The molecule has 1 aliphatic carbocycles. The van der Waals surface area contributed by atoms with Crippen LogP contribution in [0.1, 0.15) is 24.8 Å². The molecule has 3 nitrogen and oxygen atoms in total. The van der Waals surface area contributed by atoms with Crippen molar-refractivity contribution in [3.8, 4) is 5.75 Å². The van der Waals surface area contributed by atoms with Gasteiger partial charge in [0.05, 0.1) is 17.7 Å². The van der Waals surface area contributed by atoms with E-state index >= 15 is 0 Å². The van der Waals surface area contributed by atoms with Crippen molar-refractivity contribution in [2.45, 2.75) is 24.8 Å². The molecule has 0 bridgehead atoms. The van der Waals surface area contributed by atoms with E-state index in [9.17, 15) is 13.6 Å². The minimum Gasteiger partial charge on any atom is -0.495 e. The smallest absolute Gasteiger partial charge is 0.235 e. The standard InChI is InChI=1S/C12H10ClF2NO2/c1-18-11-7(13)5-8(14)10(15)9(11)12(16-6-17)3-2-4-12/h5H,2-4H2,1H3. The largest absolute Gasteiger partial charge is 0.495 e. The first-order valence-corrected chi connectivity index (χ1v) is 5.74. The van der Waals surface area contributed by atoms with Gasteiger partial charge in [0, 0.05) is 0 Å². The Labute approximate surface area is 107 Å². The molecular weight excluding hydrogens is 264 g/mol. The van der Waals surface area contributed by atoms with Crippen molar-refractivity contribution < 1.29 is 18.3 Å². The maximum absolute atomic E-state index is 14.0. The van der Waals surface area contributed by atoms with Crippen molar-refractivity contribution in [2.75, 3.05) is 7.11 Å². The molecule has 2 rings (SSSR count). The summed E-state index contributed by atoms with van der Waals surface area (Å²) in [6.07, 6.45) is 3.06. The molecule has 0 radical (unpaired) electrons. The normalized spacial score (nSPS) is 16.7. The number of hydrogen-bond donors (Lipinski definition) is 0. The molecule has 1 aromatic carbocycles. The second kappa shape index (κ2) is 4.67. The van der Waals surface area contributed by atoms with Crippen molar-refractivity contribution in [1.82, 2.24) is 0 Å². The summed E-state index contributed by atoms with van der Waals surface area (Å²) in [6.45, 7) is 0. The Bertz CT molecular complexity index is 537. The summed E-state index contributed by atoms with van der Waals surface area (Å²) in [5.74, 6) is -2.13. The highest BCUT2D eigenvalue weighted by Crippen LogP contribution is 2.51. The lowest BCUT2D eigenvalue weighted by atomic mass is 9.71. The highest BCUT2D eigenvalue weighted by molar-refractivity contribution is 6.32. The van der Waals surface area contributed by atoms with Gasteiger partial charge < -0.3 is 4.74 Å². The molecular formula is C12H10ClF2NO2. The maximum Gasteiger partial charge on any atom is 0.235 e. The van der Waals surface area contributed by atoms with Gasteiger partial charge >= 0.3 is 0 Å². The van der Waals surface area contributed by atoms with Crippen molar-refractivity contribution in [1.29, 1.82) is 0 Å². The summed E-state index contributed by atoms with van der Waals surface area (Å²) >= 11 is 5.82. The second-order valence-corrected chi connectivity index (χ2v) is 4.56. The fraction of sp³-hybridized carbons (Fsp3) is 0.417. The van der Waals surface area contributed by atoms with Crippen LogP contribution in [-0.4, -0.2) is 13.2 Å². The van der Waals surface area contributed by atoms with Crippen LogP contribution in [0.3, 0.4) is 0 Å². The van der Waals surface area contributed by atoms with Gasteiger partial charge in [-0.15, -0.1) is 0 Å². The molecule has 1 saturated carbocycles. The first-order chi connectivity index (χ1) is 8.55. The number of hydrogen-bond acceptors (Lipinski definition) is 3. The quantitative estimate of drug-likeness (QED) is 0.481. The van der Waals surface area contributed by atoms with Crippen molar-refractivity contribution in [2.24, 2.45) is 4.99 Å². The number of carbonyl (C=O) groups excluding carboxylic acids is 1. The molecule has 0 aliphatic heterocycles. The average molecular weight is 274 g/mol. The Morgan fingerprint density at radius 2 is 2.17 bits per heavy atom. The van der Waals surface area contributed by atoms with Crippen molar-refractivity contribution in [3.63, 3.8) is 0 Å². The van der Waals surface area contributed by atoms with Crippen LogP contribution < -0.4 is 4.74 Å². The van der Waals surface area contributed by atoms with E-state index in [0.29, 0.717) is 12.8 Å². The minimum absolute atomic E-state index is 0.0225. The Balaban J connectivity index is 2.72. The van der Waals surface area contributed by atoms with Gasteiger partial charge in [0.25, 0.3) is 0 Å². The zero-order valence-corrected chi connectivity index (χ0v) is 10.4. The summed E-state index contributed by atoms with van der Waals surface area (Å²) in [6, 6.07) is 0.843. The van der Waals surface area contributed by atoms with Gasteiger partial charge in [-0.05, 0) is 25.3 Å². The van der Waals surface area contributed by atoms with Crippen molar-refractivity contribution >= 4 is 17.7 Å². The van der Waals surface area contributed by atoms with Crippen LogP contribution >= 0.6 is 11.6 Å². The third-order valence-electron chi connectivity index (χ3n) is 3.24. The summed E-state index contributed by atoms with van der Waals surface area (Å²) in [5.41, 5.74) is -1.19. The van der Waals surface area contributed by atoms with Crippen LogP contribution in [-0.2, 0) is 10.3 Å². The van der Waals surface area contributed by atoms with Gasteiger partial charge in [-0.3, -0.25) is 0 Å². The molecule has 1 aromatic rings. The molecule has 6 heteroatoms. The molecule has 1 aliphatic rings. The lowest BCUT2D eigenvalue weighted by molar-refractivity contribution is 0.234. The van der Waals surface area contributed by atoms with E-state index in [2.05, 4.69) is 4.99 Å². The number of benzene rings is 1. The summed E-state index contributed by atoms with van der Waals surface area (Å²) in [4.78, 5) is 14.1. The van der Waals surface area contributed by atoms with E-state index in [1.807, 2.05) is 0 Å². The van der Waals surface area contributed by atoms with Gasteiger partial charge in [0.2, 0.25) is 6.08 Å². The molecule has 0 N–H and O–H groups in total. The van der Waals surface area contributed by atoms with E-state index in [-0.39, 0.29) is 16.3 Å². The monoisotopic (exact) mass is 273 g/mol. The van der Waals surface area contributed by atoms with E-state index in [1.54, 1.807) is 0 Å². The van der Waals surface area contributed by atoms with Gasteiger partial charge in [0.1, 0.15) is 11.3 Å². The third-order valence-corrected chi connectivity index (χ3v) is 3.52. The summed E-state index contributed by atoms with van der Waals surface area (Å²) in [5, 5.41) is -0.0428. The topological polar surface area (TPSA) is 38.7 Å². The average Bonchev–Trinajstić information content (AvgIpc) is 2.28. The lowest BCUT2D eigenvalue weighted by Crippen LogP contribution is -2.34. The molecule has 0 atom stereocenters. The van der Waals surface area contributed by atoms with Gasteiger partial charge in [-0.1, -0.05) is 11.6 Å². The Kier molecular flexibility index (Phi) is 3.37. The fourth-order valence-corrected chi connectivity index (χ4v) is 2.48. The Morgan fingerprint density at radius 1 is 1.50 bits per heavy atom.